The molecule has 1 aromatic rings. The summed E-state index contributed by atoms with van der Waals surface area (Å²) in [5.74, 6) is 0.184. The molecule has 0 bridgehead atoms. The Labute approximate surface area is 129 Å². The largest absolute Gasteiger partial charge is 0.316 e. The highest BCUT2D eigenvalue weighted by molar-refractivity contribution is 5.93. The lowest BCUT2D eigenvalue weighted by Gasteiger charge is -2.21. The molecule has 0 unspecified atom stereocenters. The van der Waals surface area contributed by atoms with Gasteiger partial charge in [-0.2, -0.15) is 0 Å². The summed E-state index contributed by atoms with van der Waals surface area (Å²) in [6.07, 6.45) is 1.65. The van der Waals surface area contributed by atoms with Crippen molar-refractivity contribution in [3.63, 3.8) is 0 Å². The number of hydrogen-bond acceptors (Lipinski definition) is 3. The Kier molecular flexibility index (Phi) is 8.01. The SMILES string of the molecule is CCN(C(=O)CCNCCCN(C)C)c1cccc(C)c1. The number of hydrogen-bond donors (Lipinski definition) is 1. The van der Waals surface area contributed by atoms with E-state index in [0.717, 1.165) is 31.7 Å². The van der Waals surface area contributed by atoms with Crippen LogP contribution in [0.25, 0.3) is 0 Å². The van der Waals surface area contributed by atoms with Gasteiger partial charge in [-0.1, -0.05) is 12.1 Å². The van der Waals surface area contributed by atoms with Crippen LogP contribution in [-0.4, -0.2) is 51.1 Å². The lowest BCUT2D eigenvalue weighted by Crippen LogP contribution is -2.33. The predicted molar refractivity (Wildman–Crippen MR) is 89.9 cm³/mol. The van der Waals surface area contributed by atoms with E-state index in [1.807, 2.05) is 36.9 Å². The molecule has 0 aliphatic carbocycles. The van der Waals surface area contributed by atoms with Crippen molar-refractivity contribution < 1.29 is 4.79 Å². The molecule has 0 heterocycles. The first kappa shape index (κ1) is 17.7. The van der Waals surface area contributed by atoms with E-state index >= 15 is 0 Å². The van der Waals surface area contributed by atoms with Crippen molar-refractivity contribution >= 4 is 11.6 Å². The number of benzene rings is 1. The number of nitrogens with one attached hydrogen (secondary N) is 1. The topological polar surface area (TPSA) is 35.6 Å². The van der Waals surface area contributed by atoms with E-state index in [4.69, 9.17) is 0 Å². The zero-order valence-corrected chi connectivity index (χ0v) is 13.9. The normalized spacial score (nSPS) is 10.9. The van der Waals surface area contributed by atoms with Crippen molar-refractivity contribution in [3.05, 3.63) is 29.8 Å². The molecule has 0 aliphatic rings. The quantitative estimate of drug-likeness (QED) is 0.709. The smallest absolute Gasteiger partial charge is 0.228 e. The lowest BCUT2D eigenvalue weighted by molar-refractivity contribution is -0.118. The summed E-state index contributed by atoms with van der Waals surface area (Å²) < 4.78 is 0. The molecule has 0 saturated carbocycles. The molecule has 4 nitrogen and oxygen atoms in total. The van der Waals surface area contributed by atoms with Gasteiger partial charge in [0.05, 0.1) is 0 Å². The summed E-state index contributed by atoms with van der Waals surface area (Å²) in [5.41, 5.74) is 2.18. The molecule has 0 spiro atoms. The number of nitrogens with zero attached hydrogens (tertiary/aromatic N) is 2. The summed E-state index contributed by atoms with van der Waals surface area (Å²) in [5, 5.41) is 3.34. The Morgan fingerprint density at radius 1 is 1.24 bits per heavy atom. The van der Waals surface area contributed by atoms with Crippen LogP contribution in [0.4, 0.5) is 5.69 Å². The fourth-order valence-electron chi connectivity index (χ4n) is 2.27. The van der Waals surface area contributed by atoms with Crippen LogP contribution in [0.3, 0.4) is 0 Å². The minimum Gasteiger partial charge on any atom is -0.316 e. The first-order chi connectivity index (χ1) is 10.0. The number of rotatable bonds is 9. The van der Waals surface area contributed by atoms with Gasteiger partial charge in [-0.15, -0.1) is 0 Å². The summed E-state index contributed by atoms with van der Waals surface area (Å²) >= 11 is 0. The standard InChI is InChI=1S/C17H29N3O/c1-5-20(16-9-6-8-15(2)14-16)17(21)10-12-18-11-7-13-19(3)4/h6,8-9,14,18H,5,7,10-13H2,1-4H3. The van der Waals surface area contributed by atoms with Crippen LogP contribution in [-0.2, 0) is 4.79 Å². The maximum atomic E-state index is 12.3. The Morgan fingerprint density at radius 2 is 2.00 bits per heavy atom. The summed E-state index contributed by atoms with van der Waals surface area (Å²) in [7, 11) is 4.15. The van der Waals surface area contributed by atoms with Gasteiger partial charge in [-0.3, -0.25) is 4.79 Å². The number of amides is 1. The van der Waals surface area contributed by atoms with Crippen molar-refractivity contribution in [1.29, 1.82) is 0 Å². The first-order valence-electron chi connectivity index (χ1n) is 7.77. The number of carbonyl (C=O) groups excluding carboxylic acids is 1. The minimum atomic E-state index is 0.184. The fraction of sp³-hybridized carbons (Fsp3) is 0.588. The van der Waals surface area contributed by atoms with E-state index in [2.05, 4.69) is 30.4 Å². The lowest BCUT2D eigenvalue weighted by atomic mass is 10.2. The molecule has 1 aromatic carbocycles. The van der Waals surface area contributed by atoms with Gasteiger partial charge in [0.2, 0.25) is 5.91 Å². The molecule has 21 heavy (non-hydrogen) atoms. The molecule has 0 fully saturated rings. The minimum absolute atomic E-state index is 0.184. The van der Waals surface area contributed by atoms with Crippen LogP contribution in [0.1, 0.15) is 25.3 Å². The van der Waals surface area contributed by atoms with Crippen LogP contribution in [0.15, 0.2) is 24.3 Å². The van der Waals surface area contributed by atoms with Gasteiger partial charge >= 0.3 is 0 Å². The molecule has 0 saturated heterocycles. The van der Waals surface area contributed by atoms with Gasteiger partial charge in [0.15, 0.2) is 0 Å². The van der Waals surface area contributed by atoms with Crippen molar-refractivity contribution in [2.75, 3.05) is 45.2 Å². The highest BCUT2D eigenvalue weighted by Gasteiger charge is 2.13. The Hall–Kier alpha value is -1.39. The van der Waals surface area contributed by atoms with Crippen LogP contribution in [0.2, 0.25) is 0 Å². The Balaban J connectivity index is 2.35. The molecular formula is C17H29N3O. The predicted octanol–water partition coefficient (Wildman–Crippen LogP) is 2.28. The molecule has 0 atom stereocenters. The number of anilines is 1. The van der Waals surface area contributed by atoms with E-state index in [1.54, 1.807) is 0 Å². The number of carbonyl (C=O) groups is 1. The van der Waals surface area contributed by atoms with Crippen molar-refractivity contribution in [2.24, 2.45) is 0 Å². The second kappa shape index (κ2) is 9.53. The monoisotopic (exact) mass is 291 g/mol. The van der Waals surface area contributed by atoms with E-state index in [9.17, 15) is 4.79 Å². The summed E-state index contributed by atoms with van der Waals surface area (Å²) in [4.78, 5) is 16.3. The Bertz CT molecular complexity index is 432. The van der Waals surface area contributed by atoms with E-state index in [-0.39, 0.29) is 5.91 Å². The molecule has 1 rings (SSSR count). The van der Waals surface area contributed by atoms with Gasteiger partial charge in [-0.05, 0) is 65.1 Å². The molecule has 1 N–H and O–H groups in total. The summed E-state index contributed by atoms with van der Waals surface area (Å²) in [6.45, 7) is 7.56. The van der Waals surface area contributed by atoms with Crippen LogP contribution in [0.5, 0.6) is 0 Å². The molecule has 4 heteroatoms. The van der Waals surface area contributed by atoms with Crippen LogP contribution in [0, 0.1) is 6.92 Å². The van der Waals surface area contributed by atoms with E-state index in [0.29, 0.717) is 13.0 Å². The molecular weight excluding hydrogens is 262 g/mol. The second-order valence-electron chi connectivity index (χ2n) is 5.63. The third kappa shape index (κ3) is 6.74. The molecule has 1 amide bonds. The third-order valence-corrected chi connectivity index (χ3v) is 3.41. The third-order valence-electron chi connectivity index (χ3n) is 3.41. The highest BCUT2D eigenvalue weighted by Crippen LogP contribution is 2.16. The van der Waals surface area contributed by atoms with Crippen LogP contribution < -0.4 is 10.2 Å². The molecule has 0 aromatic heterocycles. The molecule has 0 radical (unpaired) electrons. The van der Waals surface area contributed by atoms with E-state index in [1.165, 1.54) is 5.56 Å². The molecule has 118 valence electrons. The first-order valence-corrected chi connectivity index (χ1v) is 7.77. The maximum Gasteiger partial charge on any atom is 0.228 e. The fourth-order valence-corrected chi connectivity index (χ4v) is 2.27. The maximum absolute atomic E-state index is 12.3. The zero-order valence-electron chi connectivity index (χ0n) is 13.9. The zero-order chi connectivity index (χ0) is 15.7. The van der Waals surface area contributed by atoms with Crippen molar-refractivity contribution in [3.8, 4) is 0 Å². The van der Waals surface area contributed by atoms with Crippen molar-refractivity contribution in [1.82, 2.24) is 10.2 Å². The highest BCUT2D eigenvalue weighted by atomic mass is 16.2. The van der Waals surface area contributed by atoms with Crippen molar-refractivity contribution in [2.45, 2.75) is 26.7 Å². The van der Waals surface area contributed by atoms with Gasteiger partial charge in [0.1, 0.15) is 0 Å². The van der Waals surface area contributed by atoms with Crippen LogP contribution >= 0.6 is 0 Å². The van der Waals surface area contributed by atoms with E-state index < -0.39 is 0 Å². The Morgan fingerprint density at radius 3 is 2.62 bits per heavy atom. The average Bonchev–Trinajstić information content (AvgIpc) is 2.43. The van der Waals surface area contributed by atoms with Gasteiger partial charge in [-0.25, -0.2) is 0 Å². The average molecular weight is 291 g/mol. The van der Waals surface area contributed by atoms with Gasteiger partial charge < -0.3 is 15.1 Å². The molecule has 0 aliphatic heterocycles. The summed E-state index contributed by atoms with van der Waals surface area (Å²) in [6, 6.07) is 8.11. The van der Waals surface area contributed by atoms with Gasteiger partial charge in [0.25, 0.3) is 0 Å². The second-order valence-corrected chi connectivity index (χ2v) is 5.63. The number of aryl methyl sites for hydroxylation is 1. The van der Waals surface area contributed by atoms with Gasteiger partial charge in [0, 0.05) is 25.2 Å².